The first-order chi connectivity index (χ1) is 13.7. The fraction of sp³-hybridized carbons (Fsp3) is 0.526. The van der Waals surface area contributed by atoms with Crippen LogP contribution < -0.4 is 20.4 Å². The molecule has 2 atom stereocenters. The molecule has 2 fully saturated rings. The van der Waals surface area contributed by atoms with Gasteiger partial charge in [-0.25, -0.2) is 0 Å². The Balaban J connectivity index is 0. The second-order valence-corrected chi connectivity index (χ2v) is 8.65. The average Bonchev–Trinajstić information content (AvgIpc) is 3.36. The van der Waals surface area contributed by atoms with Crippen LogP contribution in [0.5, 0.6) is 0 Å². The standard InChI is InChI=1S/C19H26N8S.3ClH.3H2O/c1-13-11-25(7-5-20-13)16-10-17(26-8-6-21-14(2)12-26)27-19(22-16)23-18(24-27)15-4-3-9-28-15;;;;;;/h3-4,9-10,13-14,20-21H,5-8,11-12H2,1-2H3;3*1H;3*1H2. The number of nitrogens with zero attached hydrogens (tertiary/aromatic N) is 6. The number of hydrogen-bond acceptors (Lipinski definition) is 8. The molecule has 2 aliphatic rings. The molecule has 15 heteroatoms. The van der Waals surface area contributed by atoms with Crippen molar-refractivity contribution in [2.24, 2.45) is 0 Å². The summed E-state index contributed by atoms with van der Waals surface area (Å²) < 4.78 is 1.92. The fourth-order valence-corrected chi connectivity index (χ4v) is 4.67. The molecule has 3 aromatic heterocycles. The van der Waals surface area contributed by atoms with Crippen LogP contribution in [-0.4, -0.2) is 87.4 Å². The molecule has 0 aromatic carbocycles. The first kappa shape index (κ1) is 34.7. The number of aromatic nitrogens is 4. The summed E-state index contributed by atoms with van der Waals surface area (Å²) in [4.78, 5) is 15.5. The molecule has 8 N–H and O–H groups in total. The molecule has 5 rings (SSSR count). The highest BCUT2D eigenvalue weighted by Gasteiger charge is 2.24. The van der Waals surface area contributed by atoms with Crippen molar-refractivity contribution in [2.45, 2.75) is 25.9 Å². The van der Waals surface area contributed by atoms with Gasteiger partial charge in [-0.15, -0.1) is 53.7 Å². The molecule has 0 spiro atoms. The Hall–Kier alpha value is -1.48. The second-order valence-electron chi connectivity index (χ2n) is 7.70. The van der Waals surface area contributed by atoms with Crippen molar-refractivity contribution in [1.82, 2.24) is 30.2 Å². The summed E-state index contributed by atoms with van der Waals surface area (Å²) in [5.41, 5.74) is 0. The van der Waals surface area contributed by atoms with E-state index in [-0.39, 0.29) is 53.6 Å². The summed E-state index contributed by atoms with van der Waals surface area (Å²) in [7, 11) is 0. The summed E-state index contributed by atoms with van der Waals surface area (Å²) in [6.07, 6.45) is 0. The topological polar surface area (TPSA) is 168 Å². The lowest BCUT2D eigenvalue weighted by atomic mass is 10.2. The molecule has 0 saturated carbocycles. The van der Waals surface area contributed by atoms with Crippen molar-refractivity contribution in [3.05, 3.63) is 23.6 Å². The van der Waals surface area contributed by atoms with Crippen LogP contribution in [0.4, 0.5) is 11.6 Å². The molecular formula is C19H35Cl3N8O3S. The van der Waals surface area contributed by atoms with Gasteiger partial charge in [-0.2, -0.15) is 14.5 Å². The van der Waals surface area contributed by atoms with Crippen LogP contribution in [0.2, 0.25) is 0 Å². The van der Waals surface area contributed by atoms with Gasteiger partial charge in [0.15, 0.2) is 5.82 Å². The first-order valence-electron chi connectivity index (χ1n) is 9.96. The van der Waals surface area contributed by atoms with Gasteiger partial charge < -0.3 is 36.9 Å². The number of anilines is 2. The molecule has 0 bridgehead atoms. The highest BCUT2D eigenvalue weighted by atomic mass is 35.5. The molecular weight excluding hydrogens is 527 g/mol. The summed E-state index contributed by atoms with van der Waals surface area (Å²) in [6, 6.07) is 7.18. The number of halogens is 3. The third kappa shape index (κ3) is 7.03. The second kappa shape index (κ2) is 14.8. The normalized spacial score (nSPS) is 19.4. The SMILES string of the molecule is CC1CN(c2cc(N3CCNC(C)C3)n3nc(-c4cccs4)nc3n2)CCN1.Cl.Cl.Cl.O.O.O. The van der Waals surface area contributed by atoms with Gasteiger partial charge in [-0.1, -0.05) is 6.07 Å². The summed E-state index contributed by atoms with van der Waals surface area (Å²) in [5, 5.41) is 13.9. The molecule has 34 heavy (non-hydrogen) atoms. The summed E-state index contributed by atoms with van der Waals surface area (Å²) in [6.45, 7) is 10.2. The van der Waals surface area contributed by atoms with Crippen LogP contribution in [0.1, 0.15) is 13.8 Å². The third-order valence-electron chi connectivity index (χ3n) is 5.41. The Labute approximate surface area is 221 Å². The zero-order chi connectivity index (χ0) is 19.1. The lowest BCUT2D eigenvalue weighted by Crippen LogP contribution is -2.50. The van der Waals surface area contributed by atoms with Gasteiger partial charge in [0, 0.05) is 57.4 Å². The molecule has 196 valence electrons. The van der Waals surface area contributed by atoms with E-state index >= 15 is 0 Å². The minimum atomic E-state index is 0. The van der Waals surface area contributed by atoms with E-state index in [1.807, 2.05) is 10.6 Å². The van der Waals surface area contributed by atoms with Crippen LogP contribution in [0, 0.1) is 0 Å². The molecule has 5 heterocycles. The van der Waals surface area contributed by atoms with Gasteiger partial charge in [-0.05, 0) is 25.3 Å². The van der Waals surface area contributed by atoms with Gasteiger partial charge in [0.2, 0.25) is 0 Å². The Morgan fingerprint density at radius 2 is 1.53 bits per heavy atom. The van der Waals surface area contributed by atoms with E-state index in [2.05, 4.69) is 51.8 Å². The lowest BCUT2D eigenvalue weighted by Gasteiger charge is -2.35. The minimum absolute atomic E-state index is 0. The predicted octanol–water partition coefficient (Wildman–Crippen LogP) is 0.240. The van der Waals surface area contributed by atoms with Crippen molar-refractivity contribution < 1.29 is 16.4 Å². The number of piperazine rings is 2. The minimum Gasteiger partial charge on any atom is -0.412 e. The van der Waals surface area contributed by atoms with Crippen molar-refractivity contribution in [3.63, 3.8) is 0 Å². The number of nitrogens with one attached hydrogen (secondary N) is 2. The third-order valence-corrected chi connectivity index (χ3v) is 6.27. The smallest absolute Gasteiger partial charge is 0.256 e. The maximum Gasteiger partial charge on any atom is 0.256 e. The van der Waals surface area contributed by atoms with E-state index in [1.54, 1.807) is 11.3 Å². The average molecular weight is 562 g/mol. The van der Waals surface area contributed by atoms with E-state index in [0.717, 1.165) is 61.6 Å². The molecule has 0 aliphatic carbocycles. The quantitative estimate of drug-likeness (QED) is 0.461. The summed E-state index contributed by atoms with van der Waals surface area (Å²) in [5.74, 6) is 3.49. The van der Waals surface area contributed by atoms with E-state index in [0.29, 0.717) is 17.9 Å². The molecule has 11 nitrogen and oxygen atoms in total. The molecule has 2 aliphatic heterocycles. The van der Waals surface area contributed by atoms with Crippen LogP contribution in [0.3, 0.4) is 0 Å². The zero-order valence-corrected chi connectivity index (χ0v) is 22.3. The van der Waals surface area contributed by atoms with Crippen LogP contribution in [-0.2, 0) is 0 Å². The highest BCUT2D eigenvalue weighted by molar-refractivity contribution is 7.13. The van der Waals surface area contributed by atoms with E-state index < -0.39 is 0 Å². The maximum absolute atomic E-state index is 4.89. The van der Waals surface area contributed by atoms with Gasteiger partial charge in [-0.3, -0.25) is 0 Å². The van der Waals surface area contributed by atoms with Gasteiger partial charge in [0.25, 0.3) is 5.78 Å². The lowest BCUT2D eigenvalue weighted by molar-refractivity contribution is 0.477. The maximum atomic E-state index is 4.89. The number of thiophene rings is 1. The molecule has 2 unspecified atom stereocenters. The Kier molecular flexibility index (Phi) is 15.1. The van der Waals surface area contributed by atoms with E-state index in [9.17, 15) is 0 Å². The largest absolute Gasteiger partial charge is 0.412 e. The van der Waals surface area contributed by atoms with E-state index in [4.69, 9.17) is 15.1 Å². The Bertz CT molecular complexity index is 981. The first-order valence-corrected chi connectivity index (χ1v) is 10.8. The van der Waals surface area contributed by atoms with Crippen LogP contribution in [0.25, 0.3) is 16.5 Å². The Morgan fingerprint density at radius 1 is 0.912 bits per heavy atom. The zero-order valence-electron chi connectivity index (χ0n) is 19.0. The fourth-order valence-electron chi connectivity index (χ4n) is 4.02. The monoisotopic (exact) mass is 560 g/mol. The van der Waals surface area contributed by atoms with Crippen LogP contribution >= 0.6 is 48.6 Å². The van der Waals surface area contributed by atoms with Crippen molar-refractivity contribution in [2.75, 3.05) is 49.1 Å². The number of fused-ring (bicyclic) bond motifs is 1. The molecule has 3 aromatic rings. The van der Waals surface area contributed by atoms with Crippen molar-refractivity contribution in [1.29, 1.82) is 0 Å². The number of rotatable bonds is 3. The molecule has 0 amide bonds. The van der Waals surface area contributed by atoms with E-state index in [1.165, 1.54) is 0 Å². The van der Waals surface area contributed by atoms with Gasteiger partial charge in [0.05, 0.1) is 4.88 Å². The number of hydrogen-bond donors (Lipinski definition) is 2. The Morgan fingerprint density at radius 3 is 2.12 bits per heavy atom. The predicted molar refractivity (Wildman–Crippen MR) is 146 cm³/mol. The highest BCUT2D eigenvalue weighted by Crippen LogP contribution is 2.27. The molecule has 0 radical (unpaired) electrons. The van der Waals surface area contributed by atoms with Gasteiger partial charge >= 0.3 is 0 Å². The summed E-state index contributed by atoms with van der Waals surface area (Å²) >= 11 is 1.66. The van der Waals surface area contributed by atoms with Crippen molar-refractivity contribution in [3.8, 4) is 10.7 Å². The molecule has 2 saturated heterocycles. The van der Waals surface area contributed by atoms with Crippen LogP contribution in [0.15, 0.2) is 23.6 Å². The van der Waals surface area contributed by atoms with Crippen molar-refractivity contribution >= 4 is 66.0 Å². The van der Waals surface area contributed by atoms with Gasteiger partial charge in [0.1, 0.15) is 11.6 Å².